The first kappa shape index (κ1) is 15.6. The van der Waals surface area contributed by atoms with Gasteiger partial charge < -0.3 is 0 Å². The van der Waals surface area contributed by atoms with Crippen molar-refractivity contribution >= 4 is 19.5 Å². The average molecular weight is 298 g/mol. The molecule has 0 radical (unpaired) electrons. The normalized spacial score (nSPS) is 10.9. The van der Waals surface area contributed by atoms with E-state index in [4.69, 9.17) is 0 Å². The summed E-state index contributed by atoms with van der Waals surface area (Å²) in [4.78, 5) is 13.0. The van der Waals surface area contributed by atoms with E-state index in [1.54, 1.807) is 6.07 Å². The molecule has 0 N–H and O–H groups in total. The Morgan fingerprint density at radius 1 is 1.05 bits per heavy atom. The lowest BCUT2D eigenvalue weighted by atomic mass is 9.90. The van der Waals surface area contributed by atoms with Crippen LogP contribution in [0.25, 0.3) is 0 Å². The Morgan fingerprint density at radius 3 is 2.19 bits per heavy atom. The van der Waals surface area contributed by atoms with Gasteiger partial charge in [-0.05, 0) is 49.9 Å². The molecule has 0 saturated heterocycles. The van der Waals surface area contributed by atoms with Gasteiger partial charge in [-0.3, -0.25) is 9.36 Å². The van der Waals surface area contributed by atoms with Crippen LogP contribution in [0.3, 0.4) is 0 Å². The van der Waals surface area contributed by atoms with Crippen LogP contribution in [0, 0.1) is 20.8 Å². The van der Waals surface area contributed by atoms with Crippen LogP contribution in [0.1, 0.15) is 45.1 Å². The van der Waals surface area contributed by atoms with E-state index < -0.39 is 0 Å². The van der Waals surface area contributed by atoms with Gasteiger partial charge in [-0.2, -0.15) is 0 Å². The quantitative estimate of drug-likeness (QED) is 0.622. The number of benzene rings is 2. The molecule has 0 aliphatic heterocycles. The molecule has 0 heterocycles. The molecular formula is C18H19O2P. The standard InChI is InChI=1S/C18H19O2P/c1-5-14-7-6-8-15(21-20)17(14)18(19)16-12(3)9-11(2)10-13(16)4/h6-10H,5H2,1-4H3. The second kappa shape index (κ2) is 6.32. The number of carbonyl (C=O) groups excluding carboxylic acids is 1. The maximum atomic E-state index is 13.0. The lowest BCUT2D eigenvalue weighted by molar-refractivity contribution is 0.103. The highest BCUT2D eigenvalue weighted by Crippen LogP contribution is 2.23. The van der Waals surface area contributed by atoms with Crippen molar-refractivity contribution in [3.63, 3.8) is 0 Å². The number of aryl methyl sites for hydroxylation is 4. The van der Waals surface area contributed by atoms with Crippen molar-refractivity contribution < 1.29 is 9.36 Å². The van der Waals surface area contributed by atoms with Crippen molar-refractivity contribution in [1.82, 2.24) is 0 Å². The van der Waals surface area contributed by atoms with Crippen molar-refractivity contribution in [2.45, 2.75) is 34.1 Å². The van der Waals surface area contributed by atoms with Gasteiger partial charge in [0.25, 0.3) is 0 Å². The van der Waals surface area contributed by atoms with Gasteiger partial charge in [0.15, 0.2) is 14.2 Å². The third kappa shape index (κ3) is 2.96. The van der Waals surface area contributed by atoms with Crippen LogP contribution in [-0.4, -0.2) is 5.78 Å². The molecule has 2 aromatic rings. The van der Waals surface area contributed by atoms with E-state index >= 15 is 0 Å². The molecule has 2 nitrogen and oxygen atoms in total. The van der Waals surface area contributed by atoms with E-state index in [2.05, 4.69) is 0 Å². The van der Waals surface area contributed by atoms with Gasteiger partial charge >= 0.3 is 0 Å². The second-order valence-electron chi connectivity index (χ2n) is 5.36. The summed E-state index contributed by atoms with van der Waals surface area (Å²) in [5.41, 5.74) is 5.35. The van der Waals surface area contributed by atoms with Gasteiger partial charge in [0, 0.05) is 11.1 Å². The van der Waals surface area contributed by atoms with Crippen LogP contribution in [-0.2, 0) is 11.0 Å². The molecular weight excluding hydrogens is 279 g/mol. The Hall–Kier alpha value is -1.79. The van der Waals surface area contributed by atoms with Gasteiger partial charge in [0.05, 0.1) is 5.30 Å². The van der Waals surface area contributed by atoms with Crippen LogP contribution in [0.4, 0.5) is 0 Å². The van der Waals surface area contributed by atoms with Crippen molar-refractivity contribution in [1.29, 1.82) is 0 Å². The molecule has 0 fully saturated rings. The molecule has 0 aliphatic rings. The predicted octanol–water partition coefficient (Wildman–Crippen LogP) is 4.32. The molecule has 0 saturated carbocycles. The minimum Gasteiger partial charge on any atom is -0.289 e. The Balaban J connectivity index is 2.69. The second-order valence-corrected chi connectivity index (χ2v) is 6.02. The zero-order chi connectivity index (χ0) is 15.6. The summed E-state index contributed by atoms with van der Waals surface area (Å²) in [6.07, 6.45) is 0.744. The van der Waals surface area contributed by atoms with Crippen molar-refractivity contribution in [2.24, 2.45) is 0 Å². The van der Waals surface area contributed by atoms with Crippen LogP contribution < -0.4 is 5.30 Å². The highest BCUT2D eigenvalue weighted by Gasteiger charge is 2.20. The third-order valence-electron chi connectivity index (χ3n) is 3.74. The topological polar surface area (TPSA) is 34.1 Å². The fourth-order valence-corrected chi connectivity index (χ4v) is 3.37. The zero-order valence-corrected chi connectivity index (χ0v) is 13.8. The summed E-state index contributed by atoms with van der Waals surface area (Å²) in [5.74, 6) is -0.0270. The van der Waals surface area contributed by atoms with Gasteiger partial charge in [0.1, 0.15) is 0 Å². The molecule has 0 amide bonds. The van der Waals surface area contributed by atoms with Gasteiger partial charge in [0.2, 0.25) is 0 Å². The Morgan fingerprint density at radius 2 is 1.67 bits per heavy atom. The highest BCUT2D eigenvalue weighted by molar-refractivity contribution is 7.34. The third-order valence-corrected chi connectivity index (χ3v) is 4.31. The minimum atomic E-state index is -0.111. The molecule has 0 unspecified atom stereocenters. The summed E-state index contributed by atoms with van der Waals surface area (Å²) >= 11 is 0. The fraction of sp³-hybridized carbons (Fsp3) is 0.278. The highest BCUT2D eigenvalue weighted by atomic mass is 31.1. The molecule has 21 heavy (non-hydrogen) atoms. The van der Waals surface area contributed by atoms with E-state index in [0.717, 1.165) is 34.2 Å². The molecule has 0 spiro atoms. The first-order chi connectivity index (χ1) is 9.99. The number of ketones is 1. The smallest absolute Gasteiger partial charge is 0.194 e. The summed E-state index contributed by atoms with van der Waals surface area (Å²) in [7, 11) is -0.111. The van der Waals surface area contributed by atoms with Crippen LogP contribution in [0.15, 0.2) is 30.3 Å². The zero-order valence-electron chi connectivity index (χ0n) is 12.9. The molecule has 3 heteroatoms. The fourth-order valence-electron chi connectivity index (χ4n) is 2.88. The molecule has 2 rings (SSSR count). The maximum absolute atomic E-state index is 13.0. The summed E-state index contributed by atoms with van der Waals surface area (Å²) in [6.45, 7) is 7.94. The van der Waals surface area contributed by atoms with Gasteiger partial charge in [-0.15, -0.1) is 0 Å². The largest absolute Gasteiger partial charge is 0.289 e. The lowest BCUT2D eigenvalue weighted by Gasteiger charge is -2.14. The van der Waals surface area contributed by atoms with Crippen LogP contribution >= 0.6 is 8.46 Å². The monoisotopic (exact) mass is 298 g/mol. The van der Waals surface area contributed by atoms with Gasteiger partial charge in [-0.25, -0.2) is 0 Å². The Labute approximate surface area is 127 Å². The number of hydrogen-bond acceptors (Lipinski definition) is 2. The van der Waals surface area contributed by atoms with E-state index in [0.29, 0.717) is 10.9 Å². The van der Waals surface area contributed by atoms with Crippen molar-refractivity contribution in [3.8, 4) is 0 Å². The van der Waals surface area contributed by atoms with E-state index in [-0.39, 0.29) is 14.2 Å². The average Bonchev–Trinajstić information content (AvgIpc) is 2.44. The summed E-state index contributed by atoms with van der Waals surface area (Å²) in [6, 6.07) is 9.57. The lowest BCUT2D eigenvalue weighted by Crippen LogP contribution is -2.17. The van der Waals surface area contributed by atoms with E-state index in [9.17, 15) is 9.36 Å². The molecule has 0 aromatic heterocycles. The first-order valence-corrected chi connectivity index (χ1v) is 7.88. The van der Waals surface area contributed by atoms with Crippen molar-refractivity contribution in [2.75, 3.05) is 0 Å². The molecule has 0 aliphatic carbocycles. The van der Waals surface area contributed by atoms with Crippen LogP contribution in [0.2, 0.25) is 0 Å². The molecule has 2 aromatic carbocycles. The van der Waals surface area contributed by atoms with Crippen molar-refractivity contribution in [3.05, 3.63) is 63.7 Å². The Bertz CT molecular complexity index is 694. The maximum Gasteiger partial charge on any atom is 0.194 e. The summed E-state index contributed by atoms with van der Waals surface area (Å²) in [5, 5.41) is 0.568. The number of rotatable bonds is 4. The minimum absolute atomic E-state index is 0.0270. The summed E-state index contributed by atoms with van der Waals surface area (Å²) < 4.78 is 11.4. The van der Waals surface area contributed by atoms with E-state index in [1.165, 1.54) is 0 Å². The van der Waals surface area contributed by atoms with E-state index in [1.807, 2.05) is 52.0 Å². The van der Waals surface area contributed by atoms with Crippen LogP contribution in [0.5, 0.6) is 0 Å². The molecule has 0 bridgehead atoms. The molecule has 0 atom stereocenters. The Kier molecular flexibility index (Phi) is 4.69. The number of carbonyl (C=O) groups is 1. The van der Waals surface area contributed by atoms with Gasteiger partial charge in [-0.1, -0.05) is 36.8 Å². The SMILES string of the molecule is CCc1cccc(P=O)c1C(=O)c1c(C)cc(C)cc1C. The predicted molar refractivity (Wildman–Crippen MR) is 87.1 cm³/mol. The first-order valence-electron chi connectivity index (χ1n) is 7.07. The number of hydrogen-bond donors (Lipinski definition) is 0. The molecule has 108 valence electrons.